The minimum atomic E-state index is -0.245. The normalized spacial score (nSPS) is 9.81. The molecule has 0 saturated carbocycles. The first kappa shape index (κ1) is 14.5. The summed E-state index contributed by atoms with van der Waals surface area (Å²) >= 11 is 0. The highest BCUT2D eigenvalue weighted by Crippen LogP contribution is 2.36. The number of methoxy groups -OCH3 is 1. The van der Waals surface area contributed by atoms with Crippen molar-refractivity contribution in [2.75, 3.05) is 12.4 Å². The first-order valence-corrected chi connectivity index (χ1v) is 6.16. The molecular weight excluding hydrogens is 272 g/mol. The second-order valence-electron chi connectivity index (χ2n) is 4.13. The zero-order chi connectivity index (χ0) is 15.2. The van der Waals surface area contributed by atoms with Gasteiger partial charge in [-0.2, -0.15) is 0 Å². The third kappa shape index (κ3) is 3.17. The monoisotopic (exact) mass is 286 g/mol. The number of para-hydroxylation sites is 1. The molecule has 0 bridgehead atoms. The Balaban J connectivity index is 0.000000282. The molecule has 0 fully saturated rings. The van der Waals surface area contributed by atoms with Gasteiger partial charge in [0, 0.05) is 17.9 Å². The standard InChI is InChI=1S/C12H8N2O2.C3H6O2/c15-7-13-10-5-16-6-11-12(10)8-3-1-2-4-9(8)14-11;1-3(4)5-2/h1-7H,(H,13,15);1-2H3. The molecule has 0 aromatic heterocycles. The number of nitrogens with zero attached hydrogens (tertiary/aromatic N) is 1. The molecule has 3 rings (SSSR count). The van der Waals surface area contributed by atoms with Crippen molar-refractivity contribution < 1.29 is 18.7 Å². The van der Waals surface area contributed by atoms with Gasteiger partial charge in [0.15, 0.2) is 0 Å². The zero-order valence-corrected chi connectivity index (χ0v) is 11.6. The number of carbonyl (C=O) groups excluding carboxylic acids is 2. The Kier molecular flexibility index (Phi) is 4.50. The fourth-order valence-corrected chi connectivity index (χ4v) is 1.87. The molecule has 0 spiro atoms. The average Bonchev–Trinajstić information content (AvgIpc) is 2.87. The second-order valence-corrected chi connectivity index (χ2v) is 4.13. The topological polar surface area (TPSA) is 81.4 Å². The maximum Gasteiger partial charge on any atom is 0.302 e. The number of hydrogen-bond acceptors (Lipinski definition) is 5. The first-order valence-electron chi connectivity index (χ1n) is 6.16. The van der Waals surface area contributed by atoms with E-state index in [0.29, 0.717) is 12.1 Å². The van der Waals surface area contributed by atoms with Crippen LogP contribution in [-0.2, 0) is 14.3 Å². The molecule has 2 heterocycles. The Morgan fingerprint density at radius 2 is 2.05 bits per heavy atom. The molecule has 2 aliphatic heterocycles. The van der Waals surface area contributed by atoms with Crippen molar-refractivity contribution in [1.29, 1.82) is 0 Å². The number of aromatic nitrogens is 1. The van der Waals surface area contributed by atoms with Crippen molar-refractivity contribution in [3.8, 4) is 11.3 Å². The number of hydrogen-bond donors (Lipinski definition) is 1. The number of carbonyl (C=O) groups is 2. The quantitative estimate of drug-likeness (QED) is 0.578. The Labute approximate surface area is 121 Å². The largest absolute Gasteiger partial charge is 0.469 e. The van der Waals surface area contributed by atoms with Gasteiger partial charge in [-0.15, -0.1) is 0 Å². The van der Waals surface area contributed by atoms with Crippen LogP contribution in [0.3, 0.4) is 0 Å². The van der Waals surface area contributed by atoms with Gasteiger partial charge in [0.25, 0.3) is 0 Å². The third-order valence-electron chi connectivity index (χ3n) is 2.81. The lowest BCUT2D eigenvalue weighted by atomic mass is 10.1. The molecule has 1 aromatic rings. The summed E-state index contributed by atoms with van der Waals surface area (Å²) < 4.78 is 9.23. The van der Waals surface area contributed by atoms with E-state index in [2.05, 4.69) is 15.0 Å². The highest BCUT2D eigenvalue weighted by molar-refractivity contribution is 6.03. The summed E-state index contributed by atoms with van der Waals surface area (Å²) in [6, 6.07) is 7.77. The average molecular weight is 286 g/mol. The highest BCUT2D eigenvalue weighted by atomic mass is 16.5. The summed E-state index contributed by atoms with van der Waals surface area (Å²) in [5.74, 6) is -0.245. The van der Waals surface area contributed by atoms with Crippen molar-refractivity contribution in [2.24, 2.45) is 0 Å². The van der Waals surface area contributed by atoms with Gasteiger partial charge in [0.1, 0.15) is 18.2 Å². The van der Waals surface area contributed by atoms with Crippen LogP contribution in [0.4, 0.5) is 5.69 Å². The van der Waals surface area contributed by atoms with E-state index < -0.39 is 0 Å². The van der Waals surface area contributed by atoms with Crippen LogP contribution >= 0.6 is 0 Å². The van der Waals surface area contributed by atoms with Gasteiger partial charge in [-0.05, 0) is 6.07 Å². The molecule has 108 valence electrons. The molecule has 1 amide bonds. The Bertz CT molecular complexity index is 736. The second kappa shape index (κ2) is 6.51. The van der Waals surface area contributed by atoms with E-state index in [1.807, 2.05) is 24.3 Å². The molecule has 0 atom stereocenters. The van der Waals surface area contributed by atoms with Gasteiger partial charge in [0.05, 0.1) is 18.3 Å². The van der Waals surface area contributed by atoms with Crippen molar-refractivity contribution in [2.45, 2.75) is 6.92 Å². The molecule has 0 unspecified atom stereocenters. The molecule has 0 saturated heterocycles. The van der Waals surface area contributed by atoms with Crippen molar-refractivity contribution in [1.82, 2.24) is 4.98 Å². The van der Waals surface area contributed by atoms with Gasteiger partial charge in [-0.25, -0.2) is 4.98 Å². The molecule has 21 heavy (non-hydrogen) atoms. The van der Waals surface area contributed by atoms with Gasteiger partial charge in [0.2, 0.25) is 6.41 Å². The van der Waals surface area contributed by atoms with Crippen LogP contribution in [0.1, 0.15) is 6.92 Å². The summed E-state index contributed by atoms with van der Waals surface area (Å²) in [7, 11) is 1.35. The Morgan fingerprint density at radius 1 is 1.33 bits per heavy atom. The first-order chi connectivity index (χ1) is 10.2. The lowest BCUT2D eigenvalue weighted by molar-refractivity contribution is -0.137. The van der Waals surface area contributed by atoms with Crippen LogP contribution in [0.25, 0.3) is 22.2 Å². The van der Waals surface area contributed by atoms with Crippen LogP contribution in [0.2, 0.25) is 0 Å². The number of ether oxygens (including phenoxy) is 1. The smallest absolute Gasteiger partial charge is 0.302 e. The van der Waals surface area contributed by atoms with Crippen LogP contribution < -0.4 is 5.32 Å². The van der Waals surface area contributed by atoms with Crippen LogP contribution in [-0.4, -0.2) is 24.5 Å². The SMILES string of the molecule is COC(C)=O.O=CNc1cocc2nc3ccccc3c1-2. The number of fused-ring (bicyclic) bond motifs is 3. The van der Waals surface area contributed by atoms with E-state index in [0.717, 1.165) is 22.2 Å². The number of nitrogens with one attached hydrogen (secondary N) is 1. The van der Waals surface area contributed by atoms with Crippen molar-refractivity contribution in [3.63, 3.8) is 0 Å². The number of anilines is 1. The number of esters is 1. The zero-order valence-electron chi connectivity index (χ0n) is 11.6. The minimum absolute atomic E-state index is 0.245. The molecular formula is C15H14N2O4. The van der Waals surface area contributed by atoms with E-state index >= 15 is 0 Å². The predicted octanol–water partition coefficient (Wildman–Crippen LogP) is 2.68. The van der Waals surface area contributed by atoms with E-state index in [1.54, 1.807) is 6.26 Å². The molecule has 6 nitrogen and oxygen atoms in total. The summed E-state index contributed by atoms with van der Waals surface area (Å²) in [6.07, 6.45) is 3.71. The summed E-state index contributed by atoms with van der Waals surface area (Å²) in [5, 5.41) is 3.63. The van der Waals surface area contributed by atoms with Crippen molar-refractivity contribution in [3.05, 3.63) is 36.8 Å². The minimum Gasteiger partial charge on any atom is -0.469 e. The van der Waals surface area contributed by atoms with Gasteiger partial charge in [-0.3, -0.25) is 9.59 Å². The van der Waals surface area contributed by atoms with Gasteiger partial charge < -0.3 is 14.5 Å². The third-order valence-corrected chi connectivity index (χ3v) is 2.81. The fourth-order valence-electron chi connectivity index (χ4n) is 1.87. The van der Waals surface area contributed by atoms with Crippen LogP contribution in [0, 0.1) is 0 Å². The molecule has 6 heteroatoms. The number of rotatable bonds is 2. The summed E-state index contributed by atoms with van der Waals surface area (Å²) in [6.45, 7) is 1.36. The molecule has 2 aliphatic rings. The highest BCUT2D eigenvalue weighted by Gasteiger charge is 2.16. The maximum atomic E-state index is 10.5. The summed E-state index contributed by atoms with van der Waals surface area (Å²) in [4.78, 5) is 24.5. The lowest BCUT2D eigenvalue weighted by Crippen LogP contribution is -1.95. The van der Waals surface area contributed by atoms with Crippen LogP contribution in [0.5, 0.6) is 0 Å². The fraction of sp³-hybridized carbons (Fsp3) is 0.133. The van der Waals surface area contributed by atoms with E-state index in [-0.39, 0.29) is 5.97 Å². The number of amides is 1. The lowest BCUT2D eigenvalue weighted by Gasteiger charge is -2.04. The van der Waals surface area contributed by atoms with Gasteiger partial charge >= 0.3 is 5.97 Å². The molecule has 0 aliphatic carbocycles. The molecule has 1 N–H and O–H groups in total. The predicted molar refractivity (Wildman–Crippen MR) is 78.0 cm³/mol. The molecule has 1 aromatic carbocycles. The molecule has 0 radical (unpaired) electrons. The van der Waals surface area contributed by atoms with Crippen LogP contribution in [0.15, 0.2) is 41.2 Å². The Hall–Kier alpha value is -2.89. The van der Waals surface area contributed by atoms with E-state index in [1.165, 1.54) is 20.3 Å². The van der Waals surface area contributed by atoms with Crippen molar-refractivity contribution >= 4 is 29.0 Å². The Morgan fingerprint density at radius 3 is 2.71 bits per heavy atom. The van der Waals surface area contributed by atoms with E-state index in [4.69, 9.17) is 4.42 Å². The number of benzene rings is 1. The van der Waals surface area contributed by atoms with Gasteiger partial charge in [-0.1, -0.05) is 18.2 Å². The van der Waals surface area contributed by atoms with E-state index in [9.17, 15) is 9.59 Å². The summed E-state index contributed by atoms with van der Waals surface area (Å²) in [5.41, 5.74) is 3.19. The maximum absolute atomic E-state index is 10.5.